The minimum absolute atomic E-state index is 0. The Labute approximate surface area is 117 Å². The number of carbonyl (C=O) groups is 1. The Morgan fingerprint density at radius 3 is 2.47 bits per heavy atom. The average Bonchev–Trinajstić information content (AvgIpc) is 2.58. The number of aryl methyl sites for hydroxylation is 1. The van der Waals surface area contributed by atoms with Crippen molar-refractivity contribution < 1.29 is 4.79 Å². The standard InChI is InChI=1S/C9H13ClN4O.2ClH/c1-13-6-7(10)8(12-13)9(15)14-4-2-11-3-5-14;;/h6,11H,2-5H2,1H3;2*1H. The third-order valence-corrected chi connectivity index (χ3v) is 2.67. The van der Waals surface area contributed by atoms with Gasteiger partial charge in [0, 0.05) is 39.4 Å². The molecule has 0 aromatic carbocycles. The second kappa shape index (κ2) is 7.06. The molecule has 0 radical (unpaired) electrons. The summed E-state index contributed by atoms with van der Waals surface area (Å²) in [5, 5.41) is 7.66. The Balaban J connectivity index is 0.00000128. The van der Waals surface area contributed by atoms with Gasteiger partial charge in [-0.3, -0.25) is 9.48 Å². The van der Waals surface area contributed by atoms with Gasteiger partial charge < -0.3 is 10.2 Å². The first-order chi connectivity index (χ1) is 7.18. The number of carbonyl (C=O) groups excluding carboxylic acids is 1. The van der Waals surface area contributed by atoms with Crippen LogP contribution in [0.5, 0.6) is 0 Å². The van der Waals surface area contributed by atoms with Crippen LogP contribution in [-0.4, -0.2) is 46.8 Å². The molecule has 1 aromatic heterocycles. The van der Waals surface area contributed by atoms with Gasteiger partial charge >= 0.3 is 0 Å². The van der Waals surface area contributed by atoms with Crippen LogP contribution in [0.1, 0.15) is 10.5 Å². The minimum Gasteiger partial charge on any atom is -0.335 e. The van der Waals surface area contributed by atoms with Crippen molar-refractivity contribution in [3.8, 4) is 0 Å². The molecule has 1 aromatic rings. The molecule has 0 saturated carbocycles. The van der Waals surface area contributed by atoms with Crippen molar-refractivity contribution in [2.24, 2.45) is 7.05 Å². The van der Waals surface area contributed by atoms with Gasteiger partial charge in [-0.05, 0) is 0 Å². The van der Waals surface area contributed by atoms with E-state index in [4.69, 9.17) is 11.6 Å². The van der Waals surface area contributed by atoms with Gasteiger partial charge in [0.05, 0.1) is 5.02 Å². The number of nitrogens with one attached hydrogen (secondary N) is 1. The smallest absolute Gasteiger partial charge is 0.276 e. The van der Waals surface area contributed by atoms with Crippen molar-refractivity contribution in [3.05, 3.63) is 16.9 Å². The zero-order valence-corrected chi connectivity index (χ0v) is 11.7. The number of hydrogen-bond donors (Lipinski definition) is 1. The SMILES string of the molecule is Cl.Cl.Cn1cc(Cl)c(C(=O)N2CCNCC2)n1. The van der Waals surface area contributed by atoms with Crippen LogP contribution >= 0.6 is 36.4 Å². The fourth-order valence-corrected chi connectivity index (χ4v) is 1.88. The summed E-state index contributed by atoms with van der Waals surface area (Å²) in [5.74, 6) is -0.0814. The highest BCUT2D eigenvalue weighted by atomic mass is 35.5. The summed E-state index contributed by atoms with van der Waals surface area (Å²) in [6.45, 7) is 3.09. The van der Waals surface area contributed by atoms with Crippen LogP contribution in [0.3, 0.4) is 0 Å². The molecule has 1 aliphatic heterocycles. The van der Waals surface area contributed by atoms with Crippen molar-refractivity contribution in [1.82, 2.24) is 20.0 Å². The highest BCUT2D eigenvalue weighted by molar-refractivity contribution is 6.33. The van der Waals surface area contributed by atoms with Crippen LogP contribution < -0.4 is 5.32 Å². The molecule has 1 N–H and O–H groups in total. The second-order valence-electron chi connectivity index (χ2n) is 3.54. The van der Waals surface area contributed by atoms with Crippen LogP contribution in [0.2, 0.25) is 5.02 Å². The average molecular weight is 302 g/mol. The first-order valence-corrected chi connectivity index (χ1v) is 5.25. The highest BCUT2D eigenvalue weighted by Crippen LogP contribution is 2.15. The first-order valence-electron chi connectivity index (χ1n) is 4.87. The summed E-state index contributed by atoms with van der Waals surface area (Å²) < 4.78 is 1.55. The molecule has 1 aliphatic rings. The van der Waals surface area contributed by atoms with Gasteiger partial charge in [-0.2, -0.15) is 5.10 Å². The Morgan fingerprint density at radius 1 is 1.41 bits per heavy atom. The summed E-state index contributed by atoms with van der Waals surface area (Å²) in [4.78, 5) is 13.7. The number of piperazine rings is 1. The maximum Gasteiger partial charge on any atom is 0.276 e. The Morgan fingerprint density at radius 2 is 2.00 bits per heavy atom. The van der Waals surface area contributed by atoms with E-state index < -0.39 is 0 Å². The van der Waals surface area contributed by atoms with Crippen LogP contribution in [0.15, 0.2) is 6.20 Å². The number of hydrogen-bond acceptors (Lipinski definition) is 3. The van der Waals surface area contributed by atoms with Gasteiger partial charge in [-0.25, -0.2) is 0 Å². The lowest BCUT2D eigenvalue weighted by Gasteiger charge is -2.26. The van der Waals surface area contributed by atoms with Crippen LogP contribution in [0, 0.1) is 0 Å². The third-order valence-electron chi connectivity index (χ3n) is 2.39. The van der Waals surface area contributed by atoms with E-state index in [0.29, 0.717) is 23.8 Å². The fraction of sp³-hybridized carbons (Fsp3) is 0.556. The van der Waals surface area contributed by atoms with E-state index in [1.807, 2.05) is 0 Å². The van der Waals surface area contributed by atoms with E-state index in [2.05, 4.69) is 10.4 Å². The molecule has 0 atom stereocenters. The largest absolute Gasteiger partial charge is 0.335 e. The topological polar surface area (TPSA) is 50.2 Å². The Bertz CT molecular complexity index is 376. The van der Waals surface area contributed by atoms with Gasteiger partial charge in [-0.15, -0.1) is 24.8 Å². The summed E-state index contributed by atoms with van der Waals surface area (Å²) in [7, 11) is 1.75. The number of halogens is 3. The molecular weight excluding hydrogens is 286 g/mol. The van der Waals surface area contributed by atoms with Crippen LogP contribution in [0.4, 0.5) is 0 Å². The molecule has 1 saturated heterocycles. The van der Waals surface area contributed by atoms with Crippen molar-refractivity contribution in [1.29, 1.82) is 0 Å². The van der Waals surface area contributed by atoms with Gasteiger partial charge in [0.25, 0.3) is 5.91 Å². The first kappa shape index (κ1) is 16.5. The second-order valence-corrected chi connectivity index (χ2v) is 3.95. The lowest BCUT2D eigenvalue weighted by molar-refractivity contribution is 0.0729. The molecule has 1 fully saturated rings. The van der Waals surface area contributed by atoms with Crippen molar-refractivity contribution in [2.75, 3.05) is 26.2 Å². The summed E-state index contributed by atoms with van der Waals surface area (Å²) in [6, 6.07) is 0. The van der Waals surface area contributed by atoms with Crippen LogP contribution in [0.25, 0.3) is 0 Å². The lowest BCUT2D eigenvalue weighted by Crippen LogP contribution is -2.46. The summed E-state index contributed by atoms with van der Waals surface area (Å²) >= 11 is 5.91. The molecule has 17 heavy (non-hydrogen) atoms. The molecule has 0 bridgehead atoms. The molecule has 5 nitrogen and oxygen atoms in total. The molecule has 0 unspecified atom stereocenters. The van der Waals surface area contributed by atoms with Crippen LogP contribution in [-0.2, 0) is 7.05 Å². The highest BCUT2D eigenvalue weighted by Gasteiger charge is 2.22. The molecule has 2 heterocycles. The predicted octanol–water partition coefficient (Wildman–Crippen LogP) is 0.962. The zero-order valence-electron chi connectivity index (χ0n) is 9.35. The predicted molar refractivity (Wildman–Crippen MR) is 71.5 cm³/mol. The van der Waals surface area contributed by atoms with Gasteiger partial charge in [-0.1, -0.05) is 11.6 Å². The molecule has 98 valence electrons. The normalized spacial score (nSPS) is 14.8. The maximum absolute atomic E-state index is 12.0. The van der Waals surface area contributed by atoms with E-state index in [1.54, 1.807) is 22.8 Å². The van der Waals surface area contributed by atoms with E-state index >= 15 is 0 Å². The van der Waals surface area contributed by atoms with Gasteiger partial charge in [0.1, 0.15) is 0 Å². The van der Waals surface area contributed by atoms with E-state index in [1.165, 1.54) is 0 Å². The van der Waals surface area contributed by atoms with E-state index in [-0.39, 0.29) is 30.7 Å². The fourth-order valence-electron chi connectivity index (χ4n) is 1.62. The monoisotopic (exact) mass is 300 g/mol. The number of amides is 1. The molecule has 1 amide bonds. The minimum atomic E-state index is -0.0814. The molecule has 2 rings (SSSR count). The molecule has 0 spiro atoms. The summed E-state index contributed by atoms with van der Waals surface area (Å²) in [5.41, 5.74) is 0.348. The lowest BCUT2D eigenvalue weighted by atomic mass is 10.3. The van der Waals surface area contributed by atoms with E-state index in [0.717, 1.165) is 13.1 Å². The Hall–Kier alpha value is -0.490. The molecule has 8 heteroatoms. The van der Waals surface area contributed by atoms with Gasteiger partial charge in [0.15, 0.2) is 5.69 Å². The molecular formula is C9H15Cl3N4O. The quantitative estimate of drug-likeness (QED) is 0.841. The van der Waals surface area contributed by atoms with Crippen molar-refractivity contribution >= 4 is 42.3 Å². The Kier molecular flexibility index (Phi) is 6.85. The zero-order chi connectivity index (χ0) is 10.8. The number of rotatable bonds is 1. The third kappa shape index (κ3) is 3.74. The maximum atomic E-state index is 12.0. The summed E-state index contributed by atoms with van der Waals surface area (Å²) in [6.07, 6.45) is 1.64. The van der Waals surface area contributed by atoms with Gasteiger partial charge in [0.2, 0.25) is 0 Å². The van der Waals surface area contributed by atoms with E-state index in [9.17, 15) is 4.79 Å². The van der Waals surface area contributed by atoms with Crippen molar-refractivity contribution in [3.63, 3.8) is 0 Å². The number of nitrogens with zero attached hydrogens (tertiary/aromatic N) is 3. The van der Waals surface area contributed by atoms with Crippen molar-refractivity contribution in [2.45, 2.75) is 0 Å². The number of aromatic nitrogens is 2. The molecule has 0 aliphatic carbocycles.